The monoisotopic (exact) mass is 509 g/mol. The second-order valence-electron chi connectivity index (χ2n) is 8.82. The van der Waals surface area contributed by atoms with Crippen LogP contribution in [0.2, 0.25) is 5.02 Å². The number of pyridine rings is 1. The fourth-order valence-corrected chi connectivity index (χ4v) is 5.02. The number of halogens is 4. The number of hydrogen-bond acceptors (Lipinski definition) is 5. The molecular weight excluding hydrogens is 487 g/mol. The highest BCUT2D eigenvalue weighted by molar-refractivity contribution is 7.92. The molecule has 34 heavy (non-hydrogen) atoms. The van der Waals surface area contributed by atoms with E-state index in [9.17, 15) is 21.6 Å². The maximum atomic E-state index is 12.8. The molecule has 0 saturated carbocycles. The van der Waals surface area contributed by atoms with Crippen molar-refractivity contribution in [1.29, 1.82) is 0 Å². The summed E-state index contributed by atoms with van der Waals surface area (Å²) >= 11 is 6.32. The number of benzene rings is 2. The van der Waals surface area contributed by atoms with E-state index in [4.69, 9.17) is 11.6 Å². The van der Waals surface area contributed by atoms with Crippen molar-refractivity contribution >= 4 is 27.1 Å². The second kappa shape index (κ2) is 8.87. The summed E-state index contributed by atoms with van der Waals surface area (Å²) in [7, 11) is -5.37. The van der Waals surface area contributed by atoms with Crippen molar-refractivity contribution in [3.63, 3.8) is 0 Å². The zero-order valence-corrected chi connectivity index (χ0v) is 20.1. The van der Waals surface area contributed by atoms with Crippen molar-refractivity contribution in [1.82, 2.24) is 9.88 Å². The van der Waals surface area contributed by atoms with Crippen molar-refractivity contribution in [2.75, 3.05) is 18.1 Å². The zero-order chi connectivity index (χ0) is 24.7. The Bertz CT molecular complexity index is 1300. The van der Waals surface area contributed by atoms with Gasteiger partial charge in [0.2, 0.25) is 0 Å². The third-order valence-electron chi connectivity index (χ3n) is 5.94. The number of sulfone groups is 1. The number of hydrogen-bond donors (Lipinski definition) is 0. The Labute approximate surface area is 201 Å². The van der Waals surface area contributed by atoms with Gasteiger partial charge in [-0.1, -0.05) is 29.8 Å². The van der Waals surface area contributed by atoms with Gasteiger partial charge in [-0.3, -0.25) is 9.88 Å². The topological polar surface area (TPSA) is 53.5 Å². The minimum Gasteiger partial charge on any atom is -0.357 e. The number of nitrogens with zero attached hydrogens (tertiary/aromatic N) is 3. The van der Waals surface area contributed by atoms with Gasteiger partial charge in [0.05, 0.1) is 17.3 Å². The van der Waals surface area contributed by atoms with E-state index in [0.717, 1.165) is 29.0 Å². The van der Waals surface area contributed by atoms with Crippen molar-refractivity contribution < 1.29 is 21.6 Å². The van der Waals surface area contributed by atoms with E-state index in [2.05, 4.69) is 23.7 Å². The Morgan fingerprint density at radius 2 is 1.74 bits per heavy atom. The van der Waals surface area contributed by atoms with Crippen LogP contribution in [0, 0.1) is 0 Å². The molecule has 10 heteroatoms. The number of rotatable bonds is 5. The van der Waals surface area contributed by atoms with Crippen LogP contribution in [0.15, 0.2) is 71.8 Å². The lowest BCUT2D eigenvalue weighted by Gasteiger charge is -2.29. The van der Waals surface area contributed by atoms with E-state index in [-0.39, 0.29) is 5.54 Å². The van der Waals surface area contributed by atoms with E-state index < -0.39 is 20.2 Å². The van der Waals surface area contributed by atoms with Gasteiger partial charge < -0.3 is 4.90 Å². The molecule has 2 heterocycles. The molecule has 1 aromatic heterocycles. The molecule has 0 amide bonds. The minimum atomic E-state index is -5.37. The summed E-state index contributed by atoms with van der Waals surface area (Å²) in [6, 6.07) is 16.3. The van der Waals surface area contributed by atoms with Crippen LogP contribution in [0.1, 0.15) is 19.4 Å². The molecular formula is C24H23ClF3N3O2S. The van der Waals surface area contributed by atoms with Gasteiger partial charge in [0, 0.05) is 41.1 Å². The minimum absolute atomic E-state index is 0.232. The maximum Gasteiger partial charge on any atom is 0.501 e. The molecule has 0 aliphatic carbocycles. The summed E-state index contributed by atoms with van der Waals surface area (Å²) < 4.78 is 61.7. The molecule has 2 aromatic carbocycles. The molecule has 5 nitrogen and oxygen atoms in total. The molecule has 4 rings (SSSR count). The summed E-state index contributed by atoms with van der Waals surface area (Å²) in [6.45, 7) is 5.96. The van der Waals surface area contributed by atoms with Crippen molar-refractivity contribution in [3.8, 4) is 11.3 Å². The van der Waals surface area contributed by atoms with Crippen LogP contribution < -0.4 is 4.90 Å². The van der Waals surface area contributed by atoms with E-state index in [1.807, 2.05) is 41.3 Å². The highest BCUT2D eigenvalue weighted by Crippen LogP contribution is 2.34. The molecule has 1 aliphatic rings. The summed E-state index contributed by atoms with van der Waals surface area (Å²) in [5.41, 5.74) is -2.23. The van der Waals surface area contributed by atoms with Gasteiger partial charge in [0.1, 0.15) is 0 Å². The average molecular weight is 510 g/mol. The van der Waals surface area contributed by atoms with Crippen LogP contribution in [0.3, 0.4) is 0 Å². The SMILES string of the molecule is CC1(C)CN(c2ccc(S(=O)(=O)C(F)(F)F)cc2)CN1Cc1ccnc(-c2ccccc2Cl)c1. The lowest BCUT2D eigenvalue weighted by molar-refractivity contribution is -0.0436. The quantitative estimate of drug-likeness (QED) is 0.438. The summed E-state index contributed by atoms with van der Waals surface area (Å²) in [6.07, 6.45) is 1.74. The Balaban J connectivity index is 1.52. The molecule has 1 saturated heterocycles. The van der Waals surface area contributed by atoms with Gasteiger partial charge in [-0.25, -0.2) is 8.42 Å². The Morgan fingerprint density at radius 1 is 1.06 bits per heavy atom. The largest absolute Gasteiger partial charge is 0.501 e. The molecule has 0 spiro atoms. The van der Waals surface area contributed by atoms with Crippen molar-refractivity contribution in [2.45, 2.75) is 36.3 Å². The van der Waals surface area contributed by atoms with Crippen LogP contribution in [0.4, 0.5) is 18.9 Å². The van der Waals surface area contributed by atoms with Gasteiger partial charge in [0.15, 0.2) is 0 Å². The highest BCUT2D eigenvalue weighted by atomic mass is 35.5. The number of anilines is 1. The number of alkyl halides is 3. The molecule has 0 atom stereocenters. The van der Waals surface area contributed by atoms with Gasteiger partial charge >= 0.3 is 5.51 Å². The Morgan fingerprint density at radius 3 is 2.38 bits per heavy atom. The first kappa shape index (κ1) is 24.5. The molecule has 3 aromatic rings. The normalized spacial score (nSPS) is 16.7. The van der Waals surface area contributed by atoms with Crippen molar-refractivity contribution in [3.05, 3.63) is 77.4 Å². The zero-order valence-electron chi connectivity index (χ0n) is 18.6. The van der Waals surface area contributed by atoms with Crippen LogP contribution >= 0.6 is 11.6 Å². The van der Waals surface area contributed by atoms with Gasteiger partial charge in [0.25, 0.3) is 9.84 Å². The van der Waals surface area contributed by atoms with Crippen LogP contribution in [-0.2, 0) is 16.4 Å². The Hall–Kier alpha value is -2.62. The first-order chi connectivity index (χ1) is 15.9. The molecule has 0 bridgehead atoms. The molecule has 0 unspecified atom stereocenters. The molecule has 1 aliphatic heterocycles. The summed E-state index contributed by atoms with van der Waals surface area (Å²) in [4.78, 5) is 7.95. The maximum absolute atomic E-state index is 12.8. The molecule has 1 fully saturated rings. The third kappa shape index (κ3) is 4.78. The van der Waals surface area contributed by atoms with Crippen LogP contribution in [0.5, 0.6) is 0 Å². The lowest BCUT2D eigenvalue weighted by Crippen LogP contribution is -2.39. The smallest absolute Gasteiger partial charge is 0.357 e. The average Bonchev–Trinajstić information content (AvgIpc) is 3.07. The third-order valence-corrected chi connectivity index (χ3v) is 7.77. The second-order valence-corrected chi connectivity index (χ2v) is 11.2. The van der Waals surface area contributed by atoms with Crippen molar-refractivity contribution in [2.24, 2.45) is 0 Å². The predicted molar refractivity (Wildman–Crippen MR) is 126 cm³/mol. The highest BCUT2D eigenvalue weighted by Gasteiger charge is 2.47. The predicted octanol–water partition coefficient (Wildman–Crippen LogP) is 5.75. The van der Waals surface area contributed by atoms with Crippen LogP contribution in [-0.4, -0.2) is 42.6 Å². The van der Waals surface area contributed by atoms with E-state index in [0.29, 0.717) is 30.5 Å². The lowest BCUT2D eigenvalue weighted by atomic mass is 10.0. The fraction of sp³-hybridized carbons (Fsp3) is 0.292. The standard InChI is InChI=1S/C24H23ClF3N3O2S/c1-23(2)15-30(18-7-9-19(10-8-18)34(32,33)24(26,27)28)16-31(23)14-17-11-12-29-22(13-17)20-5-3-4-6-21(20)25/h3-13H,14-16H2,1-2H3. The Kier molecular flexibility index (Phi) is 6.39. The molecule has 0 N–H and O–H groups in total. The first-order valence-electron chi connectivity index (χ1n) is 10.5. The molecule has 180 valence electrons. The summed E-state index contributed by atoms with van der Waals surface area (Å²) in [5.74, 6) is 0. The van der Waals surface area contributed by atoms with E-state index >= 15 is 0 Å². The van der Waals surface area contributed by atoms with Gasteiger partial charge in [-0.15, -0.1) is 0 Å². The fourth-order valence-electron chi connectivity index (χ4n) is 4.03. The number of aromatic nitrogens is 1. The first-order valence-corrected chi connectivity index (χ1v) is 12.4. The van der Waals surface area contributed by atoms with Gasteiger partial charge in [-0.05, 0) is 61.9 Å². The van der Waals surface area contributed by atoms with Gasteiger partial charge in [-0.2, -0.15) is 13.2 Å². The molecule has 0 radical (unpaired) electrons. The van der Waals surface area contributed by atoms with E-state index in [1.54, 1.807) is 6.20 Å². The van der Waals surface area contributed by atoms with Crippen LogP contribution in [0.25, 0.3) is 11.3 Å². The van der Waals surface area contributed by atoms with E-state index in [1.165, 1.54) is 12.1 Å². The summed E-state index contributed by atoms with van der Waals surface area (Å²) in [5, 5.41) is 0.621.